The highest BCUT2D eigenvalue weighted by atomic mass is 32.2. The van der Waals surface area contributed by atoms with E-state index in [1.54, 1.807) is 5.48 Å². The van der Waals surface area contributed by atoms with E-state index in [4.69, 9.17) is 5.21 Å². The van der Waals surface area contributed by atoms with Gasteiger partial charge in [0.2, 0.25) is 0 Å². The van der Waals surface area contributed by atoms with Crippen molar-refractivity contribution in [1.29, 1.82) is 0 Å². The Morgan fingerprint density at radius 1 is 1.07 bits per heavy atom. The molecule has 1 aliphatic rings. The van der Waals surface area contributed by atoms with E-state index < -0.39 is 22.6 Å². The van der Waals surface area contributed by atoms with Crippen molar-refractivity contribution in [3.05, 3.63) is 71.3 Å². The molecular weight excluding hydrogens is 360 g/mol. The molecule has 140 valence electrons. The molecule has 2 N–H and O–H groups in total. The third-order valence-electron chi connectivity index (χ3n) is 4.56. The zero-order valence-corrected chi connectivity index (χ0v) is 15.7. The van der Waals surface area contributed by atoms with Gasteiger partial charge in [0.05, 0.1) is 12.5 Å². The van der Waals surface area contributed by atoms with Crippen LogP contribution in [0.1, 0.15) is 22.6 Å². The number of hydroxylamine groups is 1. The number of carbonyl (C=O) groups is 1. The summed E-state index contributed by atoms with van der Waals surface area (Å²) in [6.45, 7) is 2.32. The maximum atomic E-state index is 12.2. The minimum atomic E-state index is -0.671. The fraction of sp³-hybridized carbons (Fsp3) is 0.286. The Labute approximate surface area is 161 Å². The van der Waals surface area contributed by atoms with Gasteiger partial charge in [-0.3, -0.25) is 19.1 Å². The summed E-state index contributed by atoms with van der Waals surface area (Å²) in [6.07, 6.45) is 0. The Balaban J connectivity index is 1.69. The molecule has 1 fully saturated rings. The lowest BCUT2D eigenvalue weighted by atomic mass is 9.90. The number of hydrogen-bond acceptors (Lipinski definition) is 4. The number of rotatable bonds is 4. The Bertz CT molecular complexity index is 846. The first-order valence-corrected chi connectivity index (χ1v) is 10.3. The summed E-state index contributed by atoms with van der Waals surface area (Å²) in [5.74, 6) is 6.70. The largest absolute Gasteiger partial charge is 0.290 e. The van der Waals surface area contributed by atoms with E-state index in [-0.39, 0.29) is 0 Å². The second-order valence-electron chi connectivity index (χ2n) is 6.37. The van der Waals surface area contributed by atoms with Crippen LogP contribution in [0.4, 0.5) is 0 Å². The van der Waals surface area contributed by atoms with Crippen LogP contribution in [-0.2, 0) is 15.6 Å². The molecule has 5 nitrogen and oxygen atoms in total. The summed E-state index contributed by atoms with van der Waals surface area (Å²) in [5, 5.41) is 9.09. The number of hydrogen-bond donors (Lipinski definition) is 2. The van der Waals surface area contributed by atoms with Gasteiger partial charge in [0.1, 0.15) is 0 Å². The van der Waals surface area contributed by atoms with Crippen LogP contribution in [0.15, 0.2) is 54.6 Å². The van der Waals surface area contributed by atoms with E-state index in [0.717, 1.165) is 41.3 Å². The van der Waals surface area contributed by atoms with Crippen molar-refractivity contribution in [1.82, 2.24) is 10.4 Å². The summed E-state index contributed by atoms with van der Waals surface area (Å²) in [6, 6.07) is 16.8. The molecule has 2 aromatic rings. The van der Waals surface area contributed by atoms with Crippen LogP contribution in [0.3, 0.4) is 0 Å². The normalized spacial score (nSPS) is 16.2. The maximum absolute atomic E-state index is 12.2. The van der Waals surface area contributed by atoms with Gasteiger partial charge in [0, 0.05) is 41.0 Å². The highest BCUT2D eigenvalue weighted by molar-refractivity contribution is 7.85. The van der Waals surface area contributed by atoms with Gasteiger partial charge in [-0.05, 0) is 23.3 Å². The second-order valence-corrected chi connectivity index (χ2v) is 8.06. The summed E-state index contributed by atoms with van der Waals surface area (Å²) in [5.41, 5.74) is 4.23. The van der Waals surface area contributed by atoms with Crippen LogP contribution >= 0.6 is 0 Å². The van der Waals surface area contributed by atoms with Crippen molar-refractivity contribution in [3.63, 3.8) is 0 Å². The quantitative estimate of drug-likeness (QED) is 0.480. The monoisotopic (exact) mass is 382 g/mol. The summed E-state index contributed by atoms with van der Waals surface area (Å²) in [7, 11) is -0.671. The Morgan fingerprint density at radius 3 is 2.33 bits per heavy atom. The molecule has 3 rings (SSSR count). The highest BCUT2D eigenvalue weighted by Gasteiger charge is 2.22. The summed E-state index contributed by atoms with van der Waals surface area (Å²) in [4.78, 5) is 14.4. The zero-order chi connectivity index (χ0) is 19.1. The lowest BCUT2D eigenvalue weighted by Crippen LogP contribution is -2.37. The average molecular weight is 382 g/mol. The number of amides is 1. The lowest BCUT2D eigenvalue weighted by Gasteiger charge is -2.23. The van der Waals surface area contributed by atoms with Crippen molar-refractivity contribution in [2.45, 2.75) is 5.92 Å². The van der Waals surface area contributed by atoms with Crippen molar-refractivity contribution in [2.24, 2.45) is 0 Å². The molecule has 1 amide bonds. The van der Waals surface area contributed by atoms with Gasteiger partial charge in [0.15, 0.2) is 0 Å². The van der Waals surface area contributed by atoms with Crippen molar-refractivity contribution in [2.75, 3.05) is 31.1 Å². The molecule has 1 aliphatic heterocycles. The van der Waals surface area contributed by atoms with E-state index in [0.29, 0.717) is 6.54 Å². The van der Waals surface area contributed by atoms with Gasteiger partial charge < -0.3 is 0 Å². The average Bonchev–Trinajstić information content (AvgIpc) is 2.71. The molecule has 0 saturated carbocycles. The van der Waals surface area contributed by atoms with E-state index in [2.05, 4.69) is 16.7 Å². The Kier molecular flexibility index (Phi) is 6.77. The van der Waals surface area contributed by atoms with Crippen LogP contribution in [0.5, 0.6) is 0 Å². The minimum Gasteiger partial charge on any atom is -0.290 e. The van der Waals surface area contributed by atoms with Gasteiger partial charge in [-0.15, -0.1) is 0 Å². The summed E-state index contributed by atoms with van der Waals surface area (Å²) >= 11 is 0. The zero-order valence-electron chi connectivity index (χ0n) is 14.9. The molecule has 2 aromatic carbocycles. The van der Waals surface area contributed by atoms with Crippen molar-refractivity contribution >= 4 is 16.7 Å². The molecule has 1 atom stereocenters. The van der Waals surface area contributed by atoms with E-state index >= 15 is 0 Å². The third-order valence-corrected chi connectivity index (χ3v) is 5.83. The van der Waals surface area contributed by atoms with E-state index in [1.165, 1.54) is 0 Å². The Morgan fingerprint density at radius 2 is 1.70 bits per heavy atom. The lowest BCUT2D eigenvalue weighted by molar-refractivity contribution is -0.129. The smallest absolute Gasteiger partial charge is 0.255 e. The SMILES string of the molecule is O=C(NO)C(c1ccccc1)c1ccc(C#CCN2CCS(=O)CC2)cc1. The van der Waals surface area contributed by atoms with Gasteiger partial charge in [-0.2, -0.15) is 0 Å². The second kappa shape index (κ2) is 9.47. The topological polar surface area (TPSA) is 69.6 Å². The van der Waals surface area contributed by atoms with Crippen LogP contribution in [0.25, 0.3) is 0 Å². The molecule has 6 heteroatoms. The van der Waals surface area contributed by atoms with Crippen LogP contribution in [-0.4, -0.2) is 51.4 Å². The molecule has 1 saturated heterocycles. The van der Waals surface area contributed by atoms with Gasteiger partial charge >= 0.3 is 0 Å². The fourth-order valence-corrected chi connectivity index (χ4v) is 4.18. The highest BCUT2D eigenvalue weighted by Crippen LogP contribution is 2.25. The van der Waals surface area contributed by atoms with E-state index in [9.17, 15) is 9.00 Å². The molecule has 1 unspecified atom stereocenters. The number of benzene rings is 2. The Hall–Kier alpha value is -2.46. The molecule has 0 radical (unpaired) electrons. The van der Waals surface area contributed by atoms with Crippen molar-refractivity contribution < 1.29 is 14.2 Å². The molecular formula is C21H22N2O3S. The number of carbonyl (C=O) groups excluding carboxylic acids is 1. The molecule has 0 bridgehead atoms. The molecule has 0 aromatic heterocycles. The first kappa shape index (κ1) is 19.3. The van der Waals surface area contributed by atoms with Crippen molar-refractivity contribution in [3.8, 4) is 11.8 Å². The maximum Gasteiger partial charge on any atom is 0.255 e. The van der Waals surface area contributed by atoms with Crippen LogP contribution in [0.2, 0.25) is 0 Å². The van der Waals surface area contributed by atoms with Crippen LogP contribution < -0.4 is 5.48 Å². The van der Waals surface area contributed by atoms with Crippen LogP contribution in [0, 0.1) is 11.8 Å². The molecule has 1 heterocycles. The van der Waals surface area contributed by atoms with Gasteiger partial charge in [-0.1, -0.05) is 54.3 Å². The first-order valence-electron chi connectivity index (χ1n) is 8.82. The number of nitrogens with one attached hydrogen (secondary N) is 1. The molecule has 0 aliphatic carbocycles. The summed E-state index contributed by atoms with van der Waals surface area (Å²) < 4.78 is 11.4. The van der Waals surface area contributed by atoms with E-state index in [1.807, 2.05) is 54.6 Å². The van der Waals surface area contributed by atoms with Gasteiger partial charge in [0.25, 0.3) is 5.91 Å². The standard InChI is InChI=1S/C21H22N2O3S/c24-21(22-25)20(18-6-2-1-3-7-18)19-10-8-17(9-11-19)5-4-12-23-13-15-27(26)16-14-23/h1-3,6-11,20,25H,12-16H2,(H,22,24). The first-order chi connectivity index (χ1) is 13.2. The fourth-order valence-electron chi connectivity index (χ4n) is 3.05. The predicted molar refractivity (Wildman–Crippen MR) is 106 cm³/mol. The number of nitrogens with zero attached hydrogens (tertiary/aromatic N) is 1. The predicted octanol–water partition coefficient (Wildman–Crippen LogP) is 1.74. The van der Waals surface area contributed by atoms with Gasteiger partial charge in [-0.25, -0.2) is 5.48 Å². The molecule has 27 heavy (non-hydrogen) atoms. The minimum absolute atomic E-state index is 0.470. The third kappa shape index (κ3) is 5.27. The molecule has 0 spiro atoms.